The van der Waals surface area contributed by atoms with E-state index >= 15 is 0 Å². The molecule has 0 N–H and O–H groups in total. The van der Waals surface area contributed by atoms with Crippen LogP contribution < -0.4 is 0 Å². The third-order valence-corrected chi connectivity index (χ3v) is 20.3. The molecular weight excluding hydrogens is 1740 g/mol. The molecule has 12 aromatic carbocycles. The van der Waals surface area contributed by atoms with Gasteiger partial charge in [0.25, 0.3) is 34.1 Å². The van der Waals surface area contributed by atoms with E-state index in [1.54, 1.807) is 24.3 Å². The van der Waals surface area contributed by atoms with E-state index < -0.39 is 257 Å². The summed E-state index contributed by atoms with van der Waals surface area (Å²) < 4.78 is 383. The lowest BCUT2D eigenvalue weighted by molar-refractivity contribution is -0.387. The fourth-order valence-electron chi connectivity index (χ4n) is 10.4. The van der Waals surface area contributed by atoms with Crippen molar-refractivity contribution in [1.82, 2.24) is 0 Å². The number of nitrogens with zero attached hydrogens (tertiary/aromatic N) is 6. The molecule has 0 aliphatic rings. The third-order valence-electron chi connectivity index (χ3n) is 15.0. The zero-order valence-corrected chi connectivity index (χ0v) is 59.3. The van der Waals surface area contributed by atoms with E-state index in [9.17, 15) is 200 Å². The fourth-order valence-corrected chi connectivity index (χ4v) is 14.8. The largest absolute Gasteiger partial charge is 0.744 e. The Labute approximate surface area is 630 Å². The number of hydrogen-bond donors (Lipinski definition) is 0. The van der Waals surface area contributed by atoms with Gasteiger partial charge in [0.05, 0.1) is 67.2 Å². The summed E-state index contributed by atoms with van der Waals surface area (Å²) in [7, 11) is -32.0. The third kappa shape index (κ3) is 18.0. The Morgan fingerprint density at radius 2 is 0.483 bits per heavy atom. The number of non-ortho nitro benzene ring substituents is 2. The van der Waals surface area contributed by atoms with Gasteiger partial charge in [-0.05, 0) is 53.2 Å². The Morgan fingerprint density at radius 1 is 0.207 bits per heavy atom. The second-order valence-electron chi connectivity index (χ2n) is 21.7. The van der Waals surface area contributed by atoms with Crippen LogP contribution in [-0.4, -0.2) is 107 Å². The summed E-state index contributed by atoms with van der Waals surface area (Å²) in [4.78, 5) is 51.3. The molecule has 612 valence electrons. The van der Waals surface area contributed by atoms with E-state index in [4.69, 9.17) is 0 Å². The zero-order valence-electron chi connectivity index (χ0n) is 54.4. The van der Waals surface area contributed by atoms with Gasteiger partial charge in [0, 0.05) is 40.4 Å². The van der Waals surface area contributed by atoms with Gasteiger partial charge in [0.2, 0.25) is 0 Å². The highest BCUT2D eigenvalue weighted by Crippen LogP contribution is 2.42. The van der Waals surface area contributed by atoms with Crippen LogP contribution in [0.4, 0.5) is 95.6 Å². The summed E-state index contributed by atoms with van der Waals surface area (Å²) in [5, 5.41) is 57.3. The van der Waals surface area contributed by atoms with Crippen molar-refractivity contribution in [3.63, 3.8) is 0 Å². The lowest BCUT2D eigenvalue weighted by Gasteiger charge is -2.15. The Morgan fingerprint density at radius 3 is 0.879 bits per heavy atom. The minimum atomic E-state index is -6.00. The monoisotopic (exact) mass is 1760 g/mol. The summed E-state index contributed by atoms with van der Waals surface area (Å²) in [5.74, 6) is -36.0. The van der Waals surface area contributed by atoms with Crippen LogP contribution in [0.5, 0.6) is 0 Å². The van der Waals surface area contributed by atoms with Gasteiger partial charge >= 0.3 is 0 Å². The zero-order chi connectivity index (χ0) is 88.0. The molecule has 0 heterocycles. The minimum absolute atomic E-state index is 0.0664. The first-order valence-electron chi connectivity index (χ1n) is 28.7. The predicted molar refractivity (Wildman–Crippen MR) is 351 cm³/mol. The van der Waals surface area contributed by atoms with Crippen LogP contribution in [0.3, 0.4) is 0 Å². The Bertz CT molecular complexity index is 7050. The number of benzene rings is 12. The highest BCUT2D eigenvalue weighted by molar-refractivity contribution is 7.87. The van der Waals surface area contributed by atoms with E-state index in [0.29, 0.717) is 16.8 Å². The molecule has 0 atom stereocenters. The molecule has 0 spiro atoms. The molecule has 0 aliphatic heterocycles. The lowest BCUT2D eigenvalue weighted by atomic mass is 10.1. The van der Waals surface area contributed by atoms with E-state index in [1.165, 1.54) is 42.5 Å². The molecule has 0 radical (unpaired) electrons. The average molecular weight is 1770 g/mol. The molecule has 0 aromatic heterocycles. The average Bonchev–Trinajstić information content (AvgIpc) is 0.729. The summed E-state index contributed by atoms with van der Waals surface area (Å²) in [6, 6.07) is 27.4. The van der Waals surface area contributed by atoms with Crippen molar-refractivity contribution in [3.8, 4) is 0 Å². The number of nitro benzene ring substituents is 6. The molecule has 12 rings (SSSR count). The maximum atomic E-state index is 13.7. The van der Waals surface area contributed by atoms with E-state index in [0.717, 1.165) is 60.7 Å². The van der Waals surface area contributed by atoms with Crippen LogP contribution in [0.25, 0.3) is 64.6 Å². The Hall–Kier alpha value is -12.9. The second-order valence-corrected chi connectivity index (χ2v) is 29.6. The molecule has 0 aliphatic carbocycles. The maximum Gasteiger partial charge on any atom is 0.294 e. The van der Waals surface area contributed by atoms with Gasteiger partial charge < -0.3 is 27.3 Å². The first kappa shape index (κ1) is 90.3. The number of hydrogen-bond acceptors (Lipinski definition) is 30. The van der Waals surface area contributed by atoms with E-state index in [2.05, 4.69) is 0 Å². The lowest BCUT2D eigenvalue weighted by Crippen LogP contribution is -2.11. The fraction of sp³-hybridized carbons (Fsp3) is 0. The van der Waals surface area contributed by atoms with Crippen molar-refractivity contribution < 1.29 is 169 Å². The highest BCUT2D eigenvalue weighted by atomic mass is 32.2. The molecular formula is C60H22F14N6O30S6-6. The first-order chi connectivity index (χ1) is 53.3. The van der Waals surface area contributed by atoms with Crippen LogP contribution in [-0.2, 0) is 60.7 Å². The highest BCUT2D eigenvalue weighted by Gasteiger charge is 2.36. The molecule has 0 fully saturated rings. The van der Waals surface area contributed by atoms with E-state index in [-0.39, 0.29) is 32.3 Å². The predicted octanol–water partition coefficient (Wildman–Crippen LogP) is 11.9. The number of nitro groups is 6. The molecule has 0 unspecified atom stereocenters. The molecule has 0 saturated heterocycles. The molecule has 36 nitrogen and oxygen atoms in total. The van der Waals surface area contributed by atoms with E-state index in [1.807, 2.05) is 0 Å². The van der Waals surface area contributed by atoms with Crippen LogP contribution in [0, 0.1) is 142 Å². The van der Waals surface area contributed by atoms with Gasteiger partial charge in [0.1, 0.15) is 90.1 Å². The standard InChI is InChI=1S/2C10HF7O3S.2C10H6N2O7S.2C10H7NO5S/c11-3-1-2(4(12)8(16)7(3)15)6(14)10(21(18,19)20)9(17)5(1)13;11-3-1-2(5(13)7(15)6(3)14)10(21(18,19)20)9(17)8(16)4(1)12;13-11(14)8-3-1-2-7-6(8)4-5-9(20(17,18)19)10(7)12(15)16;13-11(14)8-3-1-2-7-6(8)4-5-9(12(15)16)10(7)20(17,18)19;12-11(13)10-8-4-2-1-3-7(8)5-6-9(10)17(14,15)16;12-11(13)9-6-5-7-3-1-2-4-8(7)10(9)17(14,15)16/h2*(H,18,19,20);2*1-5H,(H,17,18,19);2*1-6H,(H,14,15,16)/p-6. The van der Waals surface area contributed by atoms with Crippen LogP contribution >= 0.6 is 0 Å². The maximum absolute atomic E-state index is 13.7. The molecule has 0 bridgehead atoms. The Kier molecular flexibility index (Phi) is 25.9. The van der Waals surface area contributed by atoms with Crippen LogP contribution in [0.15, 0.2) is 163 Å². The summed E-state index contributed by atoms with van der Waals surface area (Å²) in [6.07, 6.45) is 0. The summed E-state index contributed by atoms with van der Waals surface area (Å²) in [5.41, 5.74) is -4.09. The summed E-state index contributed by atoms with van der Waals surface area (Å²) >= 11 is 0. The van der Waals surface area contributed by atoms with Crippen molar-refractivity contribution in [2.45, 2.75) is 29.4 Å². The van der Waals surface area contributed by atoms with Gasteiger partial charge in [-0.15, -0.1) is 0 Å². The number of fused-ring (bicyclic) bond motifs is 6. The topological polar surface area (TPSA) is 602 Å². The number of halogens is 14. The van der Waals surface area contributed by atoms with Gasteiger partial charge in [-0.1, -0.05) is 66.7 Å². The van der Waals surface area contributed by atoms with Crippen molar-refractivity contribution >= 4 is 159 Å². The second kappa shape index (κ2) is 33.3. The SMILES string of the molecule is O=S(=O)([O-])c1c(F)c(F)c(F)c2c(F)c(F)c(F)c(F)c12.O=S(=O)([O-])c1c(F)c(F)c2c(F)c(F)c(F)c(F)c2c1F.O=[N+]([O-])c1c(S(=O)(=O)[O-])ccc2ccccc12.O=[N+]([O-])c1ccc2c([N+](=O)[O-])cccc2c1S(=O)(=O)[O-].O=[N+]([O-])c1ccc2ccccc2c1S(=O)(=O)[O-].O=[N+]([O-])c1cccc2c([N+](=O)[O-])c(S(=O)(=O)[O-])ccc12. The normalized spacial score (nSPS) is 11.8. The van der Waals surface area contributed by atoms with Crippen LogP contribution in [0.1, 0.15) is 0 Å². The number of rotatable bonds is 12. The van der Waals surface area contributed by atoms with Crippen molar-refractivity contribution in [2.24, 2.45) is 0 Å². The van der Waals surface area contributed by atoms with Crippen LogP contribution in [0.2, 0.25) is 0 Å². The molecule has 0 saturated carbocycles. The molecule has 0 amide bonds. The van der Waals surface area contributed by atoms with Gasteiger partial charge in [-0.3, -0.25) is 60.7 Å². The molecule has 56 heteroatoms. The van der Waals surface area contributed by atoms with Gasteiger partial charge in [-0.2, -0.15) is 0 Å². The Balaban J connectivity index is 0.000000193. The molecule has 12 aromatic rings. The van der Waals surface area contributed by atoms with Crippen molar-refractivity contribution in [3.05, 3.63) is 276 Å². The van der Waals surface area contributed by atoms with Gasteiger partial charge in [0.15, 0.2) is 81.4 Å². The first-order valence-corrected chi connectivity index (χ1v) is 37.1. The van der Waals surface area contributed by atoms with Crippen molar-refractivity contribution in [1.29, 1.82) is 0 Å². The minimum Gasteiger partial charge on any atom is -0.744 e. The summed E-state index contributed by atoms with van der Waals surface area (Å²) in [6.45, 7) is 0. The van der Waals surface area contributed by atoms with Gasteiger partial charge in [-0.25, -0.2) is 112 Å². The smallest absolute Gasteiger partial charge is 0.294 e. The quantitative estimate of drug-likeness (QED) is 0.0274. The van der Waals surface area contributed by atoms with Crippen molar-refractivity contribution in [2.75, 3.05) is 0 Å². The molecule has 116 heavy (non-hydrogen) atoms.